The average molecular weight is 376 g/mol. The number of phenolic OH excluding ortho intramolecular Hbond substituents is 1. The van der Waals surface area contributed by atoms with Crippen LogP contribution in [0, 0.1) is 0 Å². The molecule has 0 radical (unpaired) electrons. The summed E-state index contributed by atoms with van der Waals surface area (Å²) in [5.41, 5.74) is 3.32. The first-order valence-corrected chi connectivity index (χ1v) is 8.72. The highest BCUT2D eigenvalue weighted by Gasteiger charge is 2.10. The van der Waals surface area contributed by atoms with Gasteiger partial charge >= 0.3 is 6.09 Å². The predicted octanol–water partition coefficient (Wildman–Crippen LogP) is 4.55. The van der Waals surface area contributed by atoms with Crippen molar-refractivity contribution in [1.29, 1.82) is 0 Å². The van der Waals surface area contributed by atoms with E-state index in [9.17, 15) is 14.7 Å². The van der Waals surface area contributed by atoms with E-state index in [2.05, 4.69) is 10.6 Å². The summed E-state index contributed by atoms with van der Waals surface area (Å²) < 4.78 is 5.21. The van der Waals surface area contributed by atoms with Crippen LogP contribution in [0.1, 0.15) is 18.1 Å². The SMILES string of the molecule is CC(=O)Nc1ccc(Cc2ccccc2NC(=O)Oc2cccc(O)c2)cc1. The molecule has 6 heteroatoms. The van der Waals surface area contributed by atoms with Gasteiger partial charge in [0.05, 0.1) is 0 Å². The minimum Gasteiger partial charge on any atom is -0.508 e. The molecule has 0 aliphatic rings. The molecule has 142 valence electrons. The van der Waals surface area contributed by atoms with Gasteiger partial charge in [-0.2, -0.15) is 0 Å². The maximum Gasteiger partial charge on any atom is 0.417 e. The average Bonchev–Trinajstić information content (AvgIpc) is 2.64. The number of aromatic hydroxyl groups is 1. The molecule has 3 N–H and O–H groups in total. The van der Waals surface area contributed by atoms with Crippen molar-refractivity contribution in [2.24, 2.45) is 0 Å². The molecule has 3 aromatic rings. The van der Waals surface area contributed by atoms with Crippen molar-refractivity contribution in [2.75, 3.05) is 10.6 Å². The van der Waals surface area contributed by atoms with Crippen molar-refractivity contribution in [3.63, 3.8) is 0 Å². The highest BCUT2D eigenvalue weighted by molar-refractivity contribution is 5.89. The van der Waals surface area contributed by atoms with Gasteiger partial charge in [-0.3, -0.25) is 10.1 Å². The quantitative estimate of drug-likeness (QED) is 0.609. The van der Waals surface area contributed by atoms with Crippen LogP contribution >= 0.6 is 0 Å². The monoisotopic (exact) mass is 376 g/mol. The van der Waals surface area contributed by atoms with Gasteiger partial charge in [-0.25, -0.2) is 4.79 Å². The van der Waals surface area contributed by atoms with E-state index >= 15 is 0 Å². The van der Waals surface area contributed by atoms with Crippen LogP contribution in [0.25, 0.3) is 0 Å². The molecule has 6 nitrogen and oxygen atoms in total. The lowest BCUT2D eigenvalue weighted by atomic mass is 10.0. The first kappa shape index (κ1) is 19.0. The highest BCUT2D eigenvalue weighted by Crippen LogP contribution is 2.22. The first-order valence-electron chi connectivity index (χ1n) is 8.72. The van der Waals surface area contributed by atoms with Gasteiger partial charge < -0.3 is 15.2 Å². The number of ether oxygens (including phenoxy) is 1. The van der Waals surface area contributed by atoms with E-state index < -0.39 is 6.09 Å². The third-order valence-corrected chi connectivity index (χ3v) is 3.95. The fraction of sp³-hybridized carbons (Fsp3) is 0.0909. The molecule has 0 aliphatic heterocycles. The van der Waals surface area contributed by atoms with Gasteiger partial charge in [-0.05, 0) is 47.9 Å². The lowest BCUT2D eigenvalue weighted by Crippen LogP contribution is -2.17. The largest absolute Gasteiger partial charge is 0.508 e. The second-order valence-electron chi connectivity index (χ2n) is 6.22. The molecule has 0 bridgehead atoms. The number of hydrogen-bond donors (Lipinski definition) is 3. The number of benzene rings is 3. The van der Waals surface area contributed by atoms with Crippen LogP contribution in [0.3, 0.4) is 0 Å². The number of para-hydroxylation sites is 1. The molecule has 3 rings (SSSR count). The van der Waals surface area contributed by atoms with E-state index in [1.807, 2.05) is 42.5 Å². The molecule has 2 amide bonds. The fourth-order valence-corrected chi connectivity index (χ4v) is 2.72. The van der Waals surface area contributed by atoms with Crippen molar-refractivity contribution >= 4 is 23.4 Å². The Morgan fingerprint density at radius 3 is 2.39 bits per heavy atom. The van der Waals surface area contributed by atoms with Gasteiger partial charge in [-0.1, -0.05) is 36.4 Å². The molecule has 0 unspecified atom stereocenters. The molecular formula is C22H20N2O4. The molecule has 28 heavy (non-hydrogen) atoms. The van der Waals surface area contributed by atoms with Crippen LogP contribution in [0.2, 0.25) is 0 Å². The Morgan fingerprint density at radius 2 is 1.68 bits per heavy atom. The maximum atomic E-state index is 12.2. The summed E-state index contributed by atoms with van der Waals surface area (Å²) in [5, 5.41) is 14.9. The molecular weight excluding hydrogens is 356 g/mol. The summed E-state index contributed by atoms with van der Waals surface area (Å²) in [7, 11) is 0. The van der Waals surface area contributed by atoms with Crippen molar-refractivity contribution in [2.45, 2.75) is 13.3 Å². The van der Waals surface area contributed by atoms with E-state index in [1.54, 1.807) is 18.2 Å². The Kier molecular flexibility index (Phi) is 5.91. The Hall–Kier alpha value is -3.80. The smallest absolute Gasteiger partial charge is 0.417 e. The Bertz CT molecular complexity index is 984. The van der Waals surface area contributed by atoms with Crippen LogP contribution in [-0.2, 0) is 11.2 Å². The van der Waals surface area contributed by atoms with E-state index in [-0.39, 0.29) is 17.4 Å². The molecule has 0 saturated carbocycles. The maximum absolute atomic E-state index is 12.2. The normalized spacial score (nSPS) is 10.2. The first-order chi connectivity index (χ1) is 13.5. The number of anilines is 2. The number of phenols is 1. The standard InChI is InChI=1S/C22H20N2O4/c1-15(25)23-18-11-9-16(10-12-18)13-17-5-2-3-8-21(17)24-22(27)28-20-7-4-6-19(26)14-20/h2-12,14,26H,13H2,1H3,(H,23,25)(H,24,27). The third-order valence-electron chi connectivity index (χ3n) is 3.95. The van der Waals surface area contributed by atoms with Gasteiger partial charge in [0.1, 0.15) is 11.5 Å². The predicted molar refractivity (Wildman–Crippen MR) is 108 cm³/mol. The van der Waals surface area contributed by atoms with E-state index in [1.165, 1.54) is 19.1 Å². The number of rotatable bonds is 5. The van der Waals surface area contributed by atoms with Crippen LogP contribution < -0.4 is 15.4 Å². The van der Waals surface area contributed by atoms with Crippen molar-refractivity contribution < 1.29 is 19.4 Å². The van der Waals surface area contributed by atoms with Crippen LogP contribution in [0.15, 0.2) is 72.8 Å². The minimum atomic E-state index is -0.640. The van der Waals surface area contributed by atoms with Crippen LogP contribution in [0.4, 0.5) is 16.2 Å². The highest BCUT2D eigenvalue weighted by atomic mass is 16.6. The zero-order valence-electron chi connectivity index (χ0n) is 15.3. The van der Waals surface area contributed by atoms with E-state index in [0.29, 0.717) is 12.1 Å². The van der Waals surface area contributed by atoms with Crippen molar-refractivity contribution in [3.8, 4) is 11.5 Å². The number of carbonyl (C=O) groups is 2. The number of nitrogens with one attached hydrogen (secondary N) is 2. The Labute approximate surface area is 162 Å². The van der Waals surface area contributed by atoms with Gasteiger partial charge in [0, 0.05) is 24.4 Å². The number of hydrogen-bond acceptors (Lipinski definition) is 4. The summed E-state index contributed by atoms with van der Waals surface area (Å²) in [6, 6.07) is 21.0. The summed E-state index contributed by atoms with van der Waals surface area (Å²) in [6.07, 6.45) is -0.0396. The molecule has 0 heterocycles. The lowest BCUT2D eigenvalue weighted by molar-refractivity contribution is -0.114. The van der Waals surface area contributed by atoms with E-state index in [0.717, 1.165) is 16.8 Å². The minimum absolute atomic E-state index is 0.0217. The molecule has 3 aromatic carbocycles. The molecule has 0 aliphatic carbocycles. The molecule has 0 spiro atoms. The summed E-state index contributed by atoms with van der Waals surface area (Å²) in [4.78, 5) is 23.3. The van der Waals surface area contributed by atoms with E-state index in [4.69, 9.17) is 4.74 Å². The van der Waals surface area contributed by atoms with Gasteiger partial charge in [0.15, 0.2) is 0 Å². The molecule has 0 fully saturated rings. The second-order valence-corrected chi connectivity index (χ2v) is 6.22. The third kappa shape index (κ3) is 5.35. The number of carbonyl (C=O) groups excluding carboxylic acids is 2. The fourth-order valence-electron chi connectivity index (χ4n) is 2.72. The Balaban J connectivity index is 1.68. The number of amides is 2. The van der Waals surface area contributed by atoms with Gasteiger partial charge in [0.25, 0.3) is 0 Å². The topological polar surface area (TPSA) is 87.7 Å². The molecule has 0 atom stereocenters. The Morgan fingerprint density at radius 1 is 0.929 bits per heavy atom. The summed E-state index contributed by atoms with van der Waals surface area (Å²) in [5.74, 6) is 0.157. The molecule has 0 saturated heterocycles. The van der Waals surface area contributed by atoms with Gasteiger partial charge in [0.2, 0.25) is 5.91 Å². The zero-order chi connectivity index (χ0) is 19.9. The van der Waals surface area contributed by atoms with Crippen molar-refractivity contribution in [3.05, 3.63) is 83.9 Å². The van der Waals surface area contributed by atoms with Crippen LogP contribution in [0.5, 0.6) is 11.5 Å². The van der Waals surface area contributed by atoms with Gasteiger partial charge in [-0.15, -0.1) is 0 Å². The second kappa shape index (κ2) is 8.73. The lowest BCUT2D eigenvalue weighted by Gasteiger charge is -2.12. The van der Waals surface area contributed by atoms with Crippen molar-refractivity contribution in [1.82, 2.24) is 0 Å². The summed E-state index contributed by atoms with van der Waals surface area (Å²) >= 11 is 0. The molecule has 0 aromatic heterocycles. The summed E-state index contributed by atoms with van der Waals surface area (Å²) in [6.45, 7) is 1.46. The van der Waals surface area contributed by atoms with Crippen LogP contribution in [-0.4, -0.2) is 17.1 Å². The zero-order valence-corrected chi connectivity index (χ0v) is 15.3.